The highest BCUT2D eigenvalue weighted by Gasteiger charge is 2.35. The Morgan fingerprint density at radius 2 is 1.90 bits per heavy atom. The summed E-state index contributed by atoms with van der Waals surface area (Å²) in [4.78, 5) is 15.0. The van der Waals surface area contributed by atoms with E-state index in [2.05, 4.69) is 6.92 Å². The van der Waals surface area contributed by atoms with Crippen LogP contribution < -0.4 is 9.47 Å². The molecule has 1 amide bonds. The number of carbonyl (C=O) groups excluding carboxylic acids is 1. The molecule has 1 heterocycles. The molecule has 2 aromatic rings. The highest BCUT2D eigenvalue weighted by molar-refractivity contribution is 7.91. The van der Waals surface area contributed by atoms with Gasteiger partial charge in [-0.05, 0) is 54.8 Å². The highest BCUT2D eigenvalue weighted by atomic mass is 32.2. The number of carbonyl (C=O) groups is 1. The minimum Gasteiger partial charge on any atom is -0.497 e. The molecule has 2 aromatic carbocycles. The zero-order chi connectivity index (χ0) is 21.6. The number of amides is 1. The first-order valence-electron chi connectivity index (χ1n) is 10.3. The van der Waals surface area contributed by atoms with Crippen molar-refractivity contribution in [2.45, 2.75) is 38.8 Å². The van der Waals surface area contributed by atoms with Gasteiger partial charge in [-0.25, -0.2) is 8.42 Å². The van der Waals surface area contributed by atoms with E-state index in [0.29, 0.717) is 30.9 Å². The Labute approximate surface area is 178 Å². The number of benzene rings is 2. The summed E-state index contributed by atoms with van der Waals surface area (Å²) in [6, 6.07) is 14.2. The molecule has 0 radical (unpaired) electrons. The van der Waals surface area contributed by atoms with Crippen molar-refractivity contribution in [2.24, 2.45) is 0 Å². The first-order chi connectivity index (χ1) is 14.4. The number of rotatable bonds is 9. The highest BCUT2D eigenvalue weighted by Crippen LogP contribution is 2.24. The van der Waals surface area contributed by atoms with Crippen LogP contribution in [0, 0.1) is 0 Å². The maximum atomic E-state index is 13.3. The van der Waals surface area contributed by atoms with E-state index in [4.69, 9.17) is 9.47 Å². The molecule has 0 unspecified atom stereocenters. The number of methoxy groups -OCH3 is 1. The van der Waals surface area contributed by atoms with E-state index >= 15 is 0 Å². The van der Waals surface area contributed by atoms with Crippen molar-refractivity contribution < 1.29 is 22.7 Å². The summed E-state index contributed by atoms with van der Waals surface area (Å²) >= 11 is 0. The van der Waals surface area contributed by atoms with E-state index < -0.39 is 9.84 Å². The summed E-state index contributed by atoms with van der Waals surface area (Å²) in [6.07, 6.45) is 2.49. The summed E-state index contributed by atoms with van der Waals surface area (Å²) in [5, 5.41) is 0. The van der Waals surface area contributed by atoms with Gasteiger partial charge >= 0.3 is 0 Å². The van der Waals surface area contributed by atoms with Gasteiger partial charge in [-0.1, -0.05) is 25.5 Å². The van der Waals surface area contributed by atoms with Crippen LogP contribution >= 0.6 is 0 Å². The third kappa shape index (κ3) is 5.75. The topological polar surface area (TPSA) is 72.9 Å². The van der Waals surface area contributed by atoms with Crippen molar-refractivity contribution in [3.8, 4) is 11.5 Å². The second kappa shape index (κ2) is 9.98. The molecule has 1 saturated heterocycles. The van der Waals surface area contributed by atoms with Gasteiger partial charge in [0.15, 0.2) is 9.84 Å². The lowest BCUT2D eigenvalue weighted by Crippen LogP contribution is -2.40. The van der Waals surface area contributed by atoms with E-state index in [1.807, 2.05) is 24.3 Å². The van der Waals surface area contributed by atoms with Gasteiger partial charge in [-0.2, -0.15) is 0 Å². The molecule has 162 valence electrons. The minimum absolute atomic E-state index is 0.000914. The Morgan fingerprint density at radius 3 is 2.53 bits per heavy atom. The molecule has 1 fully saturated rings. The lowest BCUT2D eigenvalue weighted by atomic mass is 10.1. The average molecular weight is 432 g/mol. The number of sulfone groups is 1. The van der Waals surface area contributed by atoms with Crippen LogP contribution in [-0.2, 0) is 16.4 Å². The normalized spacial score (nSPS) is 17.5. The van der Waals surface area contributed by atoms with E-state index in [1.54, 1.807) is 36.3 Å². The standard InChI is InChI=1S/C23H29NO5S/c1-3-4-13-29-21-10-8-19(9-11-21)23(25)24(20-12-14-30(26,27)17-20)16-18-6-5-7-22(15-18)28-2/h5-11,15,20H,3-4,12-14,16-17H2,1-2H3/t20-/m0/s1. The van der Waals surface area contributed by atoms with Crippen LogP contribution in [-0.4, -0.2) is 50.5 Å². The SMILES string of the molecule is CCCCOc1ccc(C(=O)N(Cc2cccc(OC)c2)[C@H]2CCS(=O)(=O)C2)cc1. The van der Waals surface area contributed by atoms with E-state index in [1.165, 1.54) is 0 Å². The predicted octanol–water partition coefficient (Wildman–Crippen LogP) is 3.70. The van der Waals surface area contributed by atoms with Crippen molar-refractivity contribution in [1.29, 1.82) is 0 Å². The van der Waals surface area contributed by atoms with Crippen LogP contribution in [0.2, 0.25) is 0 Å². The lowest BCUT2D eigenvalue weighted by Gasteiger charge is -2.29. The average Bonchev–Trinajstić information content (AvgIpc) is 3.12. The van der Waals surface area contributed by atoms with Crippen molar-refractivity contribution in [1.82, 2.24) is 4.90 Å². The van der Waals surface area contributed by atoms with Crippen LogP contribution in [0.25, 0.3) is 0 Å². The Morgan fingerprint density at radius 1 is 1.13 bits per heavy atom. The van der Waals surface area contributed by atoms with Gasteiger partial charge in [-0.15, -0.1) is 0 Å². The van der Waals surface area contributed by atoms with Gasteiger partial charge in [0.05, 0.1) is 25.2 Å². The maximum Gasteiger partial charge on any atom is 0.254 e. The number of unbranched alkanes of at least 4 members (excludes halogenated alkanes) is 1. The predicted molar refractivity (Wildman–Crippen MR) is 117 cm³/mol. The summed E-state index contributed by atoms with van der Waals surface area (Å²) in [5.41, 5.74) is 1.41. The quantitative estimate of drug-likeness (QED) is 0.566. The Kier molecular flexibility index (Phi) is 7.37. The first kappa shape index (κ1) is 22.2. The third-order valence-electron chi connectivity index (χ3n) is 5.26. The van der Waals surface area contributed by atoms with Crippen molar-refractivity contribution in [2.75, 3.05) is 25.2 Å². The first-order valence-corrected chi connectivity index (χ1v) is 12.1. The molecule has 30 heavy (non-hydrogen) atoms. The van der Waals surface area contributed by atoms with Gasteiger partial charge in [0, 0.05) is 18.2 Å². The molecule has 6 nitrogen and oxygen atoms in total. The Bertz CT molecular complexity index is 956. The smallest absolute Gasteiger partial charge is 0.254 e. The maximum absolute atomic E-state index is 13.3. The van der Waals surface area contributed by atoms with Crippen molar-refractivity contribution in [3.63, 3.8) is 0 Å². The van der Waals surface area contributed by atoms with Crippen LogP contribution in [0.15, 0.2) is 48.5 Å². The van der Waals surface area contributed by atoms with Gasteiger partial charge in [0.1, 0.15) is 11.5 Å². The molecule has 0 aliphatic carbocycles. The van der Waals surface area contributed by atoms with Crippen LogP contribution in [0.3, 0.4) is 0 Å². The van der Waals surface area contributed by atoms with Crippen LogP contribution in [0.5, 0.6) is 11.5 Å². The van der Waals surface area contributed by atoms with Crippen molar-refractivity contribution in [3.05, 3.63) is 59.7 Å². The molecular formula is C23H29NO5S. The molecule has 1 atom stereocenters. The largest absolute Gasteiger partial charge is 0.497 e. The van der Waals surface area contributed by atoms with Gasteiger partial charge < -0.3 is 14.4 Å². The molecule has 3 rings (SSSR count). The fourth-order valence-corrected chi connectivity index (χ4v) is 5.28. The summed E-state index contributed by atoms with van der Waals surface area (Å²) in [6.45, 7) is 3.07. The molecule has 0 spiro atoms. The number of hydrogen-bond acceptors (Lipinski definition) is 5. The fourth-order valence-electron chi connectivity index (χ4n) is 3.55. The van der Waals surface area contributed by atoms with Gasteiger partial charge in [0.2, 0.25) is 0 Å². The van der Waals surface area contributed by atoms with Crippen LogP contribution in [0.1, 0.15) is 42.1 Å². The monoisotopic (exact) mass is 431 g/mol. The molecule has 1 aliphatic heterocycles. The molecular weight excluding hydrogens is 402 g/mol. The number of ether oxygens (including phenoxy) is 2. The summed E-state index contributed by atoms with van der Waals surface area (Å²) in [7, 11) is -1.53. The number of nitrogens with zero attached hydrogens (tertiary/aromatic N) is 1. The van der Waals surface area contributed by atoms with E-state index in [-0.39, 0.29) is 23.5 Å². The minimum atomic E-state index is -3.12. The second-order valence-electron chi connectivity index (χ2n) is 7.57. The summed E-state index contributed by atoms with van der Waals surface area (Å²) in [5.74, 6) is 1.36. The molecule has 0 bridgehead atoms. The van der Waals surface area contributed by atoms with Crippen LogP contribution in [0.4, 0.5) is 0 Å². The second-order valence-corrected chi connectivity index (χ2v) is 9.80. The van der Waals surface area contributed by atoms with Gasteiger partial charge in [0.25, 0.3) is 5.91 Å². The molecule has 7 heteroatoms. The Hall–Kier alpha value is -2.54. The molecule has 1 aliphatic rings. The molecule has 0 N–H and O–H groups in total. The van der Waals surface area contributed by atoms with E-state index in [9.17, 15) is 13.2 Å². The zero-order valence-electron chi connectivity index (χ0n) is 17.5. The van der Waals surface area contributed by atoms with E-state index in [0.717, 1.165) is 24.2 Å². The van der Waals surface area contributed by atoms with Gasteiger partial charge in [-0.3, -0.25) is 4.79 Å². The van der Waals surface area contributed by atoms with Crippen molar-refractivity contribution >= 4 is 15.7 Å². The summed E-state index contributed by atoms with van der Waals surface area (Å²) < 4.78 is 35.1. The lowest BCUT2D eigenvalue weighted by molar-refractivity contribution is 0.0680. The fraction of sp³-hybridized carbons (Fsp3) is 0.435. The molecule has 0 saturated carbocycles. The molecule has 0 aromatic heterocycles. The zero-order valence-corrected chi connectivity index (χ0v) is 18.4. The Balaban J connectivity index is 1.81. The number of hydrogen-bond donors (Lipinski definition) is 0. The third-order valence-corrected chi connectivity index (χ3v) is 7.02.